The molecule has 1 aliphatic heterocycles. The highest BCUT2D eigenvalue weighted by Crippen LogP contribution is 2.35. The first kappa shape index (κ1) is 15.3. The van der Waals surface area contributed by atoms with Gasteiger partial charge in [-0.15, -0.1) is 0 Å². The molecule has 0 fully saturated rings. The molecule has 0 saturated carbocycles. The maximum Gasteiger partial charge on any atom is 0.257 e. The lowest BCUT2D eigenvalue weighted by Crippen LogP contribution is -2.40. The highest BCUT2D eigenvalue weighted by Gasteiger charge is 2.33. The molecule has 3 aromatic rings. The van der Waals surface area contributed by atoms with Gasteiger partial charge in [-0.1, -0.05) is 42.1 Å². The number of carbonyl (C=O) groups is 1. The molecule has 0 spiro atoms. The van der Waals surface area contributed by atoms with Crippen LogP contribution in [0.25, 0.3) is 11.1 Å². The number of oxazole rings is 1. The maximum absolute atomic E-state index is 13.0. The zero-order chi connectivity index (χ0) is 16.7. The number of fused-ring (bicyclic) bond motifs is 2. The molecule has 24 heavy (non-hydrogen) atoms. The Labute approximate surface area is 144 Å². The van der Waals surface area contributed by atoms with Crippen molar-refractivity contribution < 1.29 is 9.21 Å². The first-order valence-electron chi connectivity index (χ1n) is 8.06. The minimum atomic E-state index is -0.258. The highest BCUT2D eigenvalue weighted by molar-refractivity contribution is 8.00. The fourth-order valence-electron chi connectivity index (χ4n) is 3.20. The van der Waals surface area contributed by atoms with E-state index in [2.05, 4.69) is 18.0 Å². The van der Waals surface area contributed by atoms with E-state index in [0.717, 1.165) is 23.2 Å². The van der Waals surface area contributed by atoms with Crippen LogP contribution in [0.5, 0.6) is 0 Å². The largest absolute Gasteiger partial charge is 0.431 e. The van der Waals surface area contributed by atoms with Gasteiger partial charge < -0.3 is 9.32 Å². The van der Waals surface area contributed by atoms with E-state index in [9.17, 15) is 4.79 Å². The molecular formula is C19H18N2O2S. The quantitative estimate of drug-likeness (QED) is 0.669. The third-order valence-corrected chi connectivity index (χ3v) is 5.28. The number of benzene rings is 2. The lowest BCUT2D eigenvalue weighted by atomic mass is 10.1. The van der Waals surface area contributed by atoms with Gasteiger partial charge in [-0.05, 0) is 44.0 Å². The molecule has 1 amide bonds. The molecule has 1 aromatic heterocycles. The van der Waals surface area contributed by atoms with E-state index >= 15 is 0 Å². The van der Waals surface area contributed by atoms with E-state index in [0.29, 0.717) is 5.22 Å². The minimum Gasteiger partial charge on any atom is -0.431 e. The number of anilines is 1. The Balaban J connectivity index is 1.56. The summed E-state index contributed by atoms with van der Waals surface area (Å²) in [7, 11) is 0. The molecule has 2 aromatic carbocycles. The number of rotatable bonds is 3. The van der Waals surface area contributed by atoms with Crippen LogP contribution in [0.4, 0.5) is 5.69 Å². The third-order valence-electron chi connectivity index (χ3n) is 4.34. The van der Waals surface area contributed by atoms with Crippen LogP contribution in [0.1, 0.15) is 19.4 Å². The molecule has 4 nitrogen and oxygen atoms in total. The molecule has 0 N–H and O–H groups in total. The van der Waals surface area contributed by atoms with E-state index in [1.165, 1.54) is 17.3 Å². The van der Waals surface area contributed by atoms with Gasteiger partial charge in [0.25, 0.3) is 5.22 Å². The summed E-state index contributed by atoms with van der Waals surface area (Å²) in [6, 6.07) is 15.9. The van der Waals surface area contributed by atoms with Gasteiger partial charge in [0.1, 0.15) is 5.52 Å². The van der Waals surface area contributed by atoms with Crippen molar-refractivity contribution in [3.63, 3.8) is 0 Å². The SMILES string of the molecule is C[C@@H]1Cc2ccccc2N1C(=O)[C@@H](C)Sc1nc2ccccc2o1. The number of carbonyl (C=O) groups excluding carboxylic acids is 1. The van der Waals surface area contributed by atoms with Gasteiger partial charge in [0, 0.05) is 11.7 Å². The van der Waals surface area contributed by atoms with Crippen molar-refractivity contribution in [2.45, 2.75) is 36.8 Å². The summed E-state index contributed by atoms with van der Waals surface area (Å²) < 4.78 is 5.73. The third kappa shape index (κ3) is 2.59. The Morgan fingerprint density at radius 2 is 2.00 bits per heavy atom. The molecule has 0 radical (unpaired) electrons. The molecule has 0 bridgehead atoms. The van der Waals surface area contributed by atoms with Crippen LogP contribution in [0.15, 0.2) is 58.2 Å². The van der Waals surface area contributed by atoms with Crippen LogP contribution >= 0.6 is 11.8 Å². The fourth-order valence-corrected chi connectivity index (χ4v) is 4.01. The summed E-state index contributed by atoms with van der Waals surface area (Å²) in [4.78, 5) is 19.3. The van der Waals surface area contributed by atoms with E-state index in [1.54, 1.807) is 0 Å². The summed E-state index contributed by atoms with van der Waals surface area (Å²) in [5, 5.41) is 0.281. The Hall–Kier alpha value is -2.27. The zero-order valence-corrected chi connectivity index (χ0v) is 14.4. The standard InChI is InChI=1S/C19H18N2O2S/c1-12-11-14-7-3-5-9-16(14)21(12)18(22)13(2)24-19-20-15-8-4-6-10-17(15)23-19/h3-10,12-13H,11H2,1-2H3/t12-,13-/m1/s1. The number of aromatic nitrogens is 1. The van der Waals surface area contributed by atoms with Crippen LogP contribution in [0, 0.1) is 0 Å². The van der Waals surface area contributed by atoms with Crippen molar-refractivity contribution >= 4 is 34.5 Å². The number of hydrogen-bond donors (Lipinski definition) is 0. The Bertz CT molecular complexity index is 872. The molecule has 4 rings (SSSR count). The van der Waals surface area contributed by atoms with Gasteiger partial charge in [0.2, 0.25) is 5.91 Å². The number of hydrogen-bond acceptors (Lipinski definition) is 4. The summed E-state index contributed by atoms with van der Waals surface area (Å²) in [6.45, 7) is 4.00. The molecule has 2 heterocycles. The molecule has 5 heteroatoms. The van der Waals surface area contributed by atoms with E-state index in [1.807, 2.05) is 54.3 Å². The van der Waals surface area contributed by atoms with Crippen molar-refractivity contribution in [3.05, 3.63) is 54.1 Å². The number of para-hydroxylation sites is 3. The van der Waals surface area contributed by atoms with Gasteiger partial charge >= 0.3 is 0 Å². The fraction of sp³-hybridized carbons (Fsp3) is 0.263. The number of thioether (sulfide) groups is 1. The molecule has 122 valence electrons. The monoisotopic (exact) mass is 338 g/mol. The molecular weight excluding hydrogens is 320 g/mol. The Morgan fingerprint density at radius 3 is 2.83 bits per heavy atom. The summed E-state index contributed by atoms with van der Waals surface area (Å²) >= 11 is 1.37. The van der Waals surface area contributed by atoms with Crippen molar-refractivity contribution in [3.8, 4) is 0 Å². The first-order chi connectivity index (χ1) is 11.6. The summed E-state index contributed by atoms with van der Waals surface area (Å²) in [5.74, 6) is 0.0970. The molecule has 0 unspecified atom stereocenters. The number of amides is 1. The van der Waals surface area contributed by atoms with Gasteiger partial charge in [-0.3, -0.25) is 4.79 Å². The highest BCUT2D eigenvalue weighted by atomic mass is 32.2. The summed E-state index contributed by atoms with van der Waals surface area (Å²) in [5.41, 5.74) is 3.83. The second-order valence-corrected chi connectivity index (χ2v) is 7.39. The van der Waals surface area contributed by atoms with Crippen molar-refractivity contribution in [1.82, 2.24) is 4.98 Å². The van der Waals surface area contributed by atoms with Gasteiger partial charge in [0.15, 0.2) is 5.58 Å². The normalized spacial score (nSPS) is 17.9. The van der Waals surface area contributed by atoms with Gasteiger partial charge in [0.05, 0.1) is 5.25 Å². The molecule has 1 aliphatic rings. The maximum atomic E-state index is 13.0. The second-order valence-electron chi connectivity index (χ2n) is 6.10. The Kier molecular flexibility index (Phi) is 3.81. The van der Waals surface area contributed by atoms with E-state index in [4.69, 9.17) is 4.42 Å². The second kappa shape index (κ2) is 5.98. The van der Waals surface area contributed by atoms with Crippen LogP contribution in [0.2, 0.25) is 0 Å². The zero-order valence-electron chi connectivity index (χ0n) is 13.6. The lowest BCUT2D eigenvalue weighted by molar-refractivity contribution is -0.118. The van der Waals surface area contributed by atoms with Crippen molar-refractivity contribution in [1.29, 1.82) is 0 Å². The summed E-state index contributed by atoms with van der Waals surface area (Å²) in [6.07, 6.45) is 0.905. The van der Waals surface area contributed by atoms with Crippen LogP contribution < -0.4 is 4.90 Å². The van der Waals surface area contributed by atoms with Crippen LogP contribution in [0.3, 0.4) is 0 Å². The average molecular weight is 338 g/mol. The van der Waals surface area contributed by atoms with Crippen molar-refractivity contribution in [2.24, 2.45) is 0 Å². The van der Waals surface area contributed by atoms with Crippen LogP contribution in [-0.4, -0.2) is 22.2 Å². The minimum absolute atomic E-state index is 0.0970. The molecule has 0 saturated heterocycles. The van der Waals surface area contributed by atoms with E-state index in [-0.39, 0.29) is 17.2 Å². The van der Waals surface area contributed by atoms with Crippen molar-refractivity contribution in [2.75, 3.05) is 4.90 Å². The van der Waals surface area contributed by atoms with E-state index < -0.39 is 0 Å². The predicted octanol–water partition coefficient (Wildman–Crippen LogP) is 4.29. The Morgan fingerprint density at radius 1 is 1.25 bits per heavy atom. The first-order valence-corrected chi connectivity index (χ1v) is 8.94. The van der Waals surface area contributed by atoms with Gasteiger partial charge in [-0.2, -0.15) is 0 Å². The molecule has 2 atom stereocenters. The average Bonchev–Trinajstić information content (AvgIpc) is 3.13. The topological polar surface area (TPSA) is 46.3 Å². The van der Waals surface area contributed by atoms with Gasteiger partial charge in [-0.25, -0.2) is 4.98 Å². The smallest absolute Gasteiger partial charge is 0.257 e. The lowest BCUT2D eigenvalue weighted by Gasteiger charge is -2.25. The predicted molar refractivity (Wildman–Crippen MR) is 96.4 cm³/mol. The number of nitrogens with zero attached hydrogens (tertiary/aromatic N) is 2. The van der Waals surface area contributed by atoms with Crippen LogP contribution in [-0.2, 0) is 11.2 Å². The molecule has 0 aliphatic carbocycles.